The second-order valence-corrected chi connectivity index (χ2v) is 4.70. The Hall–Kier alpha value is -2.40. The third-order valence-corrected chi connectivity index (χ3v) is 3.03. The van der Waals surface area contributed by atoms with Crippen LogP contribution in [0.5, 0.6) is 5.75 Å². The van der Waals surface area contributed by atoms with E-state index in [0.29, 0.717) is 11.7 Å². The van der Waals surface area contributed by atoms with Crippen LogP contribution in [-0.2, 0) is 6.61 Å². The Balaban J connectivity index is 1.85. The van der Waals surface area contributed by atoms with Gasteiger partial charge in [0.05, 0.1) is 6.21 Å². The zero-order valence-corrected chi connectivity index (χ0v) is 12.6. The maximum absolute atomic E-state index is 5.72. The quantitative estimate of drug-likeness (QED) is 0.506. The minimum Gasteiger partial charge on any atom is -0.489 e. The van der Waals surface area contributed by atoms with Gasteiger partial charge in [-0.2, -0.15) is 5.10 Å². The van der Waals surface area contributed by atoms with Crippen LogP contribution in [0.15, 0.2) is 59.7 Å². The van der Waals surface area contributed by atoms with E-state index in [1.807, 2.05) is 54.6 Å². The van der Waals surface area contributed by atoms with Crippen molar-refractivity contribution in [3.63, 3.8) is 0 Å². The fourth-order valence-electron chi connectivity index (χ4n) is 1.61. The summed E-state index contributed by atoms with van der Waals surface area (Å²) in [6, 6.07) is 17.8. The first-order chi connectivity index (χ1) is 10.3. The minimum absolute atomic E-state index is 0.481. The van der Waals surface area contributed by atoms with Crippen LogP contribution in [0.2, 0.25) is 0 Å². The van der Waals surface area contributed by atoms with Crippen LogP contribution in [0.4, 0.5) is 0 Å². The number of hydrogen-bond donors (Lipinski definition) is 2. The predicted octanol–water partition coefficient (Wildman–Crippen LogP) is 2.69. The third kappa shape index (κ3) is 5.24. The standard InChI is InChI=1S/C16H17N3OS/c1-17-16(21)19-18-11-13-7-9-15(10-8-13)20-12-14-5-3-2-4-6-14/h2-11H,12H2,1H3,(H2,17,19,21)/b18-11+. The van der Waals surface area contributed by atoms with Gasteiger partial charge in [0.15, 0.2) is 5.11 Å². The number of nitrogens with one attached hydrogen (secondary N) is 2. The fourth-order valence-corrected chi connectivity index (χ4v) is 1.67. The summed E-state index contributed by atoms with van der Waals surface area (Å²) in [6.07, 6.45) is 1.70. The van der Waals surface area contributed by atoms with E-state index < -0.39 is 0 Å². The van der Waals surface area contributed by atoms with E-state index in [1.54, 1.807) is 13.3 Å². The van der Waals surface area contributed by atoms with E-state index in [4.69, 9.17) is 17.0 Å². The van der Waals surface area contributed by atoms with Crippen LogP contribution in [0.25, 0.3) is 0 Å². The minimum atomic E-state index is 0.481. The van der Waals surface area contributed by atoms with Crippen LogP contribution in [0, 0.1) is 0 Å². The van der Waals surface area contributed by atoms with Gasteiger partial charge in [0, 0.05) is 7.05 Å². The van der Waals surface area contributed by atoms with E-state index in [1.165, 1.54) is 0 Å². The van der Waals surface area contributed by atoms with Crippen molar-refractivity contribution in [3.8, 4) is 5.75 Å². The van der Waals surface area contributed by atoms with Gasteiger partial charge in [-0.25, -0.2) is 0 Å². The van der Waals surface area contributed by atoms with Crippen molar-refractivity contribution in [2.24, 2.45) is 5.10 Å². The summed E-state index contributed by atoms with van der Waals surface area (Å²) < 4.78 is 5.72. The molecule has 0 aliphatic carbocycles. The molecule has 5 heteroatoms. The van der Waals surface area contributed by atoms with Gasteiger partial charge in [-0.05, 0) is 47.6 Å². The van der Waals surface area contributed by atoms with Gasteiger partial charge in [0.2, 0.25) is 0 Å². The number of nitrogens with zero attached hydrogens (tertiary/aromatic N) is 1. The largest absolute Gasteiger partial charge is 0.489 e. The highest BCUT2D eigenvalue weighted by atomic mass is 32.1. The molecule has 108 valence electrons. The lowest BCUT2D eigenvalue weighted by molar-refractivity contribution is 0.306. The smallest absolute Gasteiger partial charge is 0.186 e. The summed E-state index contributed by atoms with van der Waals surface area (Å²) in [5.41, 5.74) is 4.81. The van der Waals surface area contributed by atoms with Crippen molar-refractivity contribution in [2.45, 2.75) is 6.61 Å². The summed E-state index contributed by atoms with van der Waals surface area (Å²) in [7, 11) is 1.74. The summed E-state index contributed by atoms with van der Waals surface area (Å²) in [5.74, 6) is 0.828. The van der Waals surface area contributed by atoms with Gasteiger partial charge in [0.25, 0.3) is 0 Å². The molecule has 0 atom stereocenters. The first-order valence-corrected chi connectivity index (χ1v) is 6.96. The molecule has 0 spiro atoms. The van der Waals surface area contributed by atoms with Crippen LogP contribution in [0.3, 0.4) is 0 Å². The maximum atomic E-state index is 5.72. The molecule has 0 unspecified atom stereocenters. The molecular formula is C16H17N3OS. The highest BCUT2D eigenvalue weighted by Gasteiger charge is 1.96. The molecule has 0 aromatic heterocycles. The molecule has 0 saturated heterocycles. The average molecular weight is 299 g/mol. The molecule has 0 amide bonds. The highest BCUT2D eigenvalue weighted by Crippen LogP contribution is 2.13. The normalized spacial score (nSPS) is 10.3. The zero-order valence-electron chi connectivity index (χ0n) is 11.7. The average Bonchev–Trinajstić information content (AvgIpc) is 2.55. The molecule has 4 nitrogen and oxygen atoms in total. The third-order valence-electron chi connectivity index (χ3n) is 2.74. The number of rotatable bonds is 5. The monoisotopic (exact) mass is 299 g/mol. The van der Waals surface area contributed by atoms with Crippen molar-refractivity contribution in [1.82, 2.24) is 10.7 Å². The molecule has 0 fully saturated rings. The summed E-state index contributed by atoms with van der Waals surface area (Å²) in [6.45, 7) is 0.562. The highest BCUT2D eigenvalue weighted by molar-refractivity contribution is 7.80. The van der Waals surface area contributed by atoms with Crippen LogP contribution >= 0.6 is 12.2 Å². The molecule has 21 heavy (non-hydrogen) atoms. The van der Waals surface area contributed by atoms with Crippen molar-refractivity contribution in [1.29, 1.82) is 0 Å². The Labute approximate surface area is 129 Å². The molecule has 2 rings (SSSR count). The number of ether oxygens (including phenoxy) is 1. The molecule has 0 saturated carbocycles. The van der Waals surface area contributed by atoms with Gasteiger partial charge in [-0.1, -0.05) is 30.3 Å². The van der Waals surface area contributed by atoms with Crippen LogP contribution in [0.1, 0.15) is 11.1 Å². The predicted molar refractivity (Wildman–Crippen MR) is 89.6 cm³/mol. The molecule has 0 radical (unpaired) electrons. The van der Waals surface area contributed by atoms with Crippen molar-refractivity contribution < 1.29 is 4.74 Å². The maximum Gasteiger partial charge on any atom is 0.186 e. The van der Waals surface area contributed by atoms with Gasteiger partial charge < -0.3 is 10.1 Å². The molecule has 0 aliphatic rings. The van der Waals surface area contributed by atoms with E-state index in [9.17, 15) is 0 Å². The number of hydrogen-bond acceptors (Lipinski definition) is 3. The van der Waals surface area contributed by atoms with Crippen LogP contribution < -0.4 is 15.5 Å². The first-order valence-electron chi connectivity index (χ1n) is 6.55. The van der Waals surface area contributed by atoms with Crippen LogP contribution in [-0.4, -0.2) is 18.4 Å². The topological polar surface area (TPSA) is 45.7 Å². The Kier molecular flexibility index (Phi) is 5.72. The SMILES string of the molecule is CNC(=S)N/N=C/c1ccc(OCc2ccccc2)cc1. The Morgan fingerprint density at radius 2 is 1.86 bits per heavy atom. The first kappa shape index (κ1) is 15.0. The fraction of sp³-hybridized carbons (Fsp3) is 0.125. The number of thiocarbonyl (C=S) groups is 1. The van der Waals surface area contributed by atoms with E-state index in [-0.39, 0.29) is 0 Å². The molecule has 0 aliphatic heterocycles. The Morgan fingerprint density at radius 3 is 2.52 bits per heavy atom. The lowest BCUT2D eigenvalue weighted by Crippen LogP contribution is -2.28. The van der Waals surface area contributed by atoms with Gasteiger partial charge in [-0.15, -0.1) is 0 Å². The van der Waals surface area contributed by atoms with Gasteiger partial charge >= 0.3 is 0 Å². The van der Waals surface area contributed by atoms with E-state index in [2.05, 4.69) is 15.8 Å². The molecule has 0 bridgehead atoms. The Morgan fingerprint density at radius 1 is 1.14 bits per heavy atom. The molecule has 2 aromatic carbocycles. The molecular weight excluding hydrogens is 282 g/mol. The lowest BCUT2D eigenvalue weighted by Gasteiger charge is -2.06. The zero-order chi connectivity index (χ0) is 14.9. The van der Waals surface area contributed by atoms with Crippen molar-refractivity contribution in [3.05, 3.63) is 65.7 Å². The summed E-state index contributed by atoms with van der Waals surface area (Å²) in [5, 5.41) is 7.28. The van der Waals surface area contributed by atoms with E-state index in [0.717, 1.165) is 16.9 Å². The molecule has 2 aromatic rings. The molecule has 2 N–H and O–H groups in total. The van der Waals surface area contributed by atoms with Gasteiger partial charge in [-0.3, -0.25) is 5.43 Å². The summed E-state index contributed by atoms with van der Waals surface area (Å²) >= 11 is 4.92. The van der Waals surface area contributed by atoms with E-state index >= 15 is 0 Å². The Bertz CT molecular complexity index is 597. The lowest BCUT2D eigenvalue weighted by atomic mass is 10.2. The second-order valence-electron chi connectivity index (χ2n) is 4.29. The van der Waals surface area contributed by atoms with Crippen molar-refractivity contribution >= 4 is 23.5 Å². The van der Waals surface area contributed by atoms with Crippen molar-refractivity contribution in [2.75, 3.05) is 7.05 Å². The number of hydrazone groups is 1. The van der Waals surface area contributed by atoms with Gasteiger partial charge in [0.1, 0.15) is 12.4 Å². The number of benzene rings is 2. The second kappa shape index (κ2) is 8.01. The summed E-state index contributed by atoms with van der Waals surface area (Å²) in [4.78, 5) is 0. The molecule has 0 heterocycles.